The lowest BCUT2D eigenvalue weighted by Gasteiger charge is -2.14. The summed E-state index contributed by atoms with van der Waals surface area (Å²) in [5.74, 6) is 1.65. The first-order chi connectivity index (χ1) is 9.45. The van der Waals surface area contributed by atoms with Crippen LogP contribution in [0.5, 0.6) is 11.5 Å². The average Bonchev–Trinajstić information content (AvgIpc) is 2.36. The minimum atomic E-state index is 0.103. The van der Waals surface area contributed by atoms with Gasteiger partial charge in [0.2, 0.25) is 0 Å². The zero-order chi connectivity index (χ0) is 14.7. The Labute approximate surface area is 125 Å². The Morgan fingerprint density at radius 3 is 2.55 bits per heavy atom. The van der Waals surface area contributed by atoms with E-state index in [1.165, 1.54) is 5.56 Å². The Morgan fingerprint density at radius 1 is 1.15 bits per heavy atom. The molecule has 2 aromatic rings. The molecule has 2 nitrogen and oxygen atoms in total. The Kier molecular flexibility index (Phi) is 4.69. The van der Waals surface area contributed by atoms with Crippen molar-refractivity contribution in [2.24, 2.45) is 5.73 Å². The molecule has 2 N–H and O–H groups in total. The van der Waals surface area contributed by atoms with Gasteiger partial charge in [-0.1, -0.05) is 29.3 Å². The van der Waals surface area contributed by atoms with Crippen molar-refractivity contribution in [2.45, 2.75) is 33.2 Å². The molecule has 2 rings (SSSR count). The molecule has 0 aromatic heterocycles. The molecule has 0 heterocycles. The summed E-state index contributed by atoms with van der Waals surface area (Å²) in [5.41, 5.74) is 9.25. The number of nitrogens with two attached hydrogens (primary N) is 1. The Balaban J connectivity index is 2.30. The van der Waals surface area contributed by atoms with Gasteiger partial charge in [0, 0.05) is 11.1 Å². The SMILES string of the molecule is Cc1ccc(Oc2ccc(Cl)c(C)c2)c(CC(C)N)c1. The normalized spacial score (nSPS) is 12.2. The van der Waals surface area contributed by atoms with Crippen LogP contribution in [-0.2, 0) is 6.42 Å². The van der Waals surface area contributed by atoms with Gasteiger partial charge in [0.1, 0.15) is 11.5 Å². The van der Waals surface area contributed by atoms with E-state index in [1.54, 1.807) is 0 Å². The van der Waals surface area contributed by atoms with Crippen molar-refractivity contribution in [3.63, 3.8) is 0 Å². The van der Waals surface area contributed by atoms with Gasteiger partial charge in [0.15, 0.2) is 0 Å². The second kappa shape index (κ2) is 6.29. The third-order valence-electron chi connectivity index (χ3n) is 3.12. The molecule has 0 spiro atoms. The fourth-order valence-corrected chi connectivity index (χ4v) is 2.24. The first kappa shape index (κ1) is 14.9. The third kappa shape index (κ3) is 3.75. The van der Waals surface area contributed by atoms with Crippen LogP contribution in [-0.4, -0.2) is 6.04 Å². The van der Waals surface area contributed by atoms with Gasteiger partial charge in [-0.25, -0.2) is 0 Å². The number of hydrogen-bond donors (Lipinski definition) is 1. The molecule has 0 fully saturated rings. The lowest BCUT2D eigenvalue weighted by Crippen LogP contribution is -2.18. The number of rotatable bonds is 4. The maximum atomic E-state index is 6.03. The molecule has 0 saturated carbocycles. The van der Waals surface area contributed by atoms with Crippen LogP contribution in [0.2, 0.25) is 5.02 Å². The van der Waals surface area contributed by atoms with E-state index < -0.39 is 0 Å². The molecule has 0 aliphatic heterocycles. The van der Waals surface area contributed by atoms with Gasteiger partial charge in [-0.3, -0.25) is 0 Å². The number of ether oxygens (including phenoxy) is 1. The van der Waals surface area contributed by atoms with Crippen LogP contribution in [0.1, 0.15) is 23.6 Å². The Bertz CT molecular complexity index is 608. The van der Waals surface area contributed by atoms with Crippen LogP contribution in [0.15, 0.2) is 36.4 Å². The highest BCUT2D eigenvalue weighted by atomic mass is 35.5. The summed E-state index contributed by atoms with van der Waals surface area (Å²) < 4.78 is 5.99. The summed E-state index contributed by atoms with van der Waals surface area (Å²) in [7, 11) is 0. The number of benzene rings is 2. The predicted molar refractivity (Wildman–Crippen MR) is 84.8 cm³/mol. The molecule has 3 heteroatoms. The number of hydrogen-bond acceptors (Lipinski definition) is 2. The first-order valence-corrected chi connectivity index (χ1v) is 7.12. The average molecular weight is 290 g/mol. The van der Waals surface area contributed by atoms with Crippen LogP contribution in [0.3, 0.4) is 0 Å². The van der Waals surface area contributed by atoms with Crippen molar-refractivity contribution in [2.75, 3.05) is 0 Å². The maximum absolute atomic E-state index is 6.03. The van der Waals surface area contributed by atoms with Crippen LogP contribution in [0.25, 0.3) is 0 Å². The van der Waals surface area contributed by atoms with Gasteiger partial charge >= 0.3 is 0 Å². The summed E-state index contributed by atoms with van der Waals surface area (Å²) in [6.45, 7) is 6.03. The van der Waals surface area contributed by atoms with Crippen LogP contribution in [0, 0.1) is 13.8 Å². The van der Waals surface area contributed by atoms with Crippen LogP contribution in [0.4, 0.5) is 0 Å². The summed E-state index contributed by atoms with van der Waals surface area (Å²) >= 11 is 6.03. The van der Waals surface area contributed by atoms with Gasteiger partial charge in [-0.2, -0.15) is 0 Å². The van der Waals surface area contributed by atoms with E-state index in [2.05, 4.69) is 13.0 Å². The van der Waals surface area contributed by atoms with Crippen LogP contribution >= 0.6 is 11.6 Å². The number of halogens is 1. The topological polar surface area (TPSA) is 35.2 Å². The molecule has 1 unspecified atom stereocenters. The molecule has 2 aromatic carbocycles. The minimum Gasteiger partial charge on any atom is -0.457 e. The van der Waals surface area contributed by atoms with E-state index in [9.17, 15) is 0 Å². The summed E-state index contributed by atoms with van der Waals surface area (Å²) in [5, 5.41) is 0.747. The molecular weight excluding hydrogens is 270 g/mol. The standard InChI is InChI=1S/C17H20ClNO/c1-11-4-7-17(14(8-11)10-13(3)19)20-15-5-6-16(18)12(2)9-15/h4-9,13H,10,19H2,1-3H3. The van der Waals surface area contributed by atoms with Gasteiger partial charge in [0.05, 0.1) is 0 Å². The van der Waals surface area contributed by atoms with E-state index in [4.69, 9.17) is 22.1 Å². The number of aryl methyl sites for hydroxylation is 2. The van der Waals surface area contributed by atoms with Crippen molar-refractivity contribution in [1.29, 1.82) is 0 Å². The second-order valence-corrected chi connectivity index (χ2v) is 5.71. The molecule has 0 aliphatic rings. The largest absolute Gasteiger partial charge is 0.457 e. The van der Waals surface area contributed by atoms with E-state index >= 15 is 0 Å². The first-order valence-electron chi connectivity index (χ1n) is 6.75. The highest BCUT2D eigenvalue weighted by molar-refractivity contribution is 6.31. The quantitative estimate of drug-likeness (QED) is 0.890. The van der Waals surface area contributed by atoms with Crippen molar-refractivity contribution < 1.29 is 4.74 Å². The molecule has 0 amide bonds. The van der Waals surface area contributed by atoms with Gasteiger partial charge < -0.3 is 10.5 Å². The molecule has 106 valence electrons. The Morgan fingerprint density at radius 2 is 1.90 bits per heavy atom. The molecular formula is C17H20ClNO. The van der Waals surface area contributed by atoms with Gasteiger partial charge in [-0.15, -0.1) is 0 Å². The molecule has 20 heavy (non-hydrogen) atoms. The van der Waals surface area contributed by atoms with Gasteiger partial charge in [0.25, 0.3) is 0 Å². The van der Waals surface area contributed by atoms with Crippen LogP contribution < -0.4 is 10.5 Å². The zero-order valence-electron chi connectivity index (χ0n) is 12.1. The van der Waals surface area contributed by atoms with Gasteiger partial charge in [-0.05, 0) is 62.6 Å². The molecule has 0 bridgehead atoms. The molecule has 0 aliphatic carbocycles. The highest BCUT2D eigenvalue weighted by Gasteiger charge is 2.08. The van der Waals surface area contributed by atoms with Crippen molar-refractivity contribution in [3.05, 3.63) is 58.1 Å². The summed E-state index contributed by atoms with van der Waals surface area (Å²) in [6.07, 6.45) is 0.795. The summed E-state index contributed by atoms with van der Waals surface area (Å²) in [4.78, 5) is 0. The van der Waals surface area contributed by atoms with Crippen molar-refractivity contribution >= 4 is 11.6 Å². The van der Waals surface area contributed by atoms with Crippen molar-refractivity contribution in [3.8, 4) is 11.5 Å². The molecule has 0 radical (unpaired) electrons. The minimum absolute atomic E-state index is 0.103. The van der Waals surface area contributed by atoms with E-state index in [1.807, 2.05) is 44.2 Å². The summed E-state index contributed by atoms with van der Waals surface area (Å²) in [6, 6.07) is 11.9. The van der Waals surface area contributed by atoms with E-state index in [0.717, 1.165) is 34.1 Å². The fourth-order valence-electron chi connectivity index (χ4n) is 2.12. The lowest BCUT2D eigenvalue weighted by atomic mass is 10.0. The predicted octanol–water partition coefficient (Wildman–Crippen LogP) is 4.64. The lowest BCUT2D eigenvalue weighted by molar-refractivity contribution is 0.473. The molecule has 0 saturated heterocycles. The third-order valence-corrected chi connectivity index (χ3v) is 3.54. The monoisotopic (exact) mass is 289 g/mol. The maximum Gasteiger partial charge on any atom is 0.130 e. The fraction of sp³-hybridized carbons (Fsp3) is 0.294. The Hall–Kier alpha value is -1.51. The van der Waals surface area contributed by atoms with E-state index in [-0.39, 0.29) is 6.04 Å². The highest BCUT2D eigenvalue weighted by Crippen LogP contribution is 2.29. The van der Waals surface area contributed by atoms with E-state index in [0.29, 0.717) is 0 Å². The smallest absolute Gasteiger partial charge is 0.130 e. The second-order valence-electron chi connectivity index (χ2n) is 5.31. The zero-order valence-corrected chi connectivity index (χ0v) is 12.9. The van der Waals surface area contributed by atoms with Crippen molar-refractivity contribution in [1.82, 2.24) is 0 Å². The molecule has 1 atom stereocenters.